The van der Waals surface area contributed by atoms with Crippen LogP contribution < -0.4 is 5.32 Å². The Labute approximate surface area is 187 Å². The summed E-state index contributed by atoms with van der Waals surface area (Å²) < 4.78 is 0. The summed E-state index contributed by atoms with van der Waals surface area (Å²) in [5.74, 6) is -0.209. The number of benzene rings is 1. The smallest absolute Gasteiger partial charge is 0.255 e. The fourth-order valence-corrected chi connectivity index (χ4v) is 5.30. The van der Waals surface area contributed by atoms with Crippen LogP contribution >= 0.6 is 0 Å². The van der Waals surface area contributed by atoms with Crippen molar-refractivity contribution in [2.75, 3.05) is 0 Å². The average Bonchev–Trinajstić information content (AvgIpc) is 3.20. The first kappa shape index (κ1) is 23.4. The quantitative estimate of drug-likeness (QED) is 0.328. The van der Waals surface area contributed by atoms with Crippen LogP contribution in [0.5, 0.6) is 11.5 Å². The Bertz CT molecular complexity index is 849. The van der Waals surface area contributed by atoms with Gasteiger partial charge in [0.2, 0.25) is 0 Å². The molecule has 2 unspecified atom stereocenters. The molecule has 1 aromatic carbocycles. The molecule has 4 heteroatoms. The van der Waals surface area contributed by atoms with Crippen molar-refractivity contribution in [2.45, 2.75) is 96.9 Å². The standard InChI is InChI=1S/C27H39NO3/c1-5-6-7-10-19-16-23(29)25(22-15-18(4)13-14-21(22)17(2)3)26(30)24(19)27(31)28-20-11-8-9-12-20/h15-16,20-22,29-30H,2,5-14H2,1,3-4H3,(H,28,31). The zero-order valence-corrected chi connectivity index (χ0v) is 19.5. The first-order chi connectivity index (χ1) is 14.8. The van der Waals surface area contributed by atoms with E-state index in [4.69, 9.17) is 0 Å². The van der Waals surface area contributed by atoms with E-state index in [0.717, 1.165) is 68.9 Å². The number of allylic oxidation sites excluding steroid dienone is 3. The number of carbonyl (C=O) groups excluding carboxylic acids is 1. The highest BCUT2D eigenvalue weighted by Gasteiger charge is 2.33. The normalized spacial score (nSPS) is 21.7. The average molecular weight is 426 g/mol. The molecule has 0 saturated heterocycles. The fourth-order valence-electron chi connectivity index (χ4n) is 5.30. The molecule has 3 rings (SSSR count). The van der Waals surface area contributed by atoms with Gasteiger partial charge in [0.25, 0.3) is 5.91 Å². The summed E-state index contributed by atoms with van der Waals surface area (Å²) in [5.41, 5.74) is 3.85. The van der Waals surface area contributed by atoms with Gasteiger partial charge in [-0.2, -0.15) is 0 Å². The highest BCUT2D eigenvalue weighted by atomic mass is 16.3. The van der Waals surface area contributed by atoms with Crippen LogP contribution in [0.2, 0.25) is 0 Å². The van der Waals surface area contributed by atoms with Gasteiger partial charge < -0.3 is 15.5 Å². The summed E-state index contributed by atoms with van der Waals surface area (Å²) in [5, 5.41) is 25.6. The second kappa shape index (κ2) is 10.4. The summed E-state index contributed by atoms with van der Waals surface area (Å²) in [4.78, 5) is 13.3. The van der Waals surface area contributed by atoms with Crippen molar-refractivity contribution in [3.8, 4) is 11.5 Å². The number of hydrogen-bond acceptors (Lipinski definition) is 3. The molecule has 0 heterocycles. The molecule has 0 bridgehead atoms. The maximum Gasteiger partial charge on any atom is 0.255 e. The number of phenols is 2. The lowest BCUT2D eigenvalue weighted by Crippen LogP contribution is -2.33. The molecule has 0 radical (unpaired) electrons. The second-order valence-corrected chi connectivity index (χ2v) is 9.63. The molecule has 0 spiro atoms. The first-order valence-electron chi connectivity index (χ1n) is 12.0. The van der Waals surface area contributed by atoms with Crippen LogP contribution in [-0.2, 0) is 6.42 Å². The molecule has 1 amide bonds. The maximum absolute atomic E-state index is 13.3. The van der Waals surface area contributed by atoms with Crippen molar-refractivity contribution in [2.24, 2.45) is 5.92 Å². The molecule has 2 aliphatic carbocycles. The zero-order chi connectivity index (χ0) is 22.5. The topological polar surface area (TPSA) is 69.6 Å². The van der Waals surface area contributed by atoms with Crippen molar-refractivity contribution >= 4 is 5.91 Å². The molecule has 31 heavy (non-hydrogen) atoms. The Balaban J connectivity index is 2.06. The van der Waals surface area contributed by atoms with E-state index < -0.39 is 0 Å². The van der Waals surface area contributed by atoms with Crippen LogP contribution in [0.4, 0.5) is 0 Å². The summed E-state index contributed by atoms with van der Waals surface area (Å²) in [6, 6.07) is 1.90. The Hall–Kier alpha value is -2.23. The van der Waals surface area contributed by atoms with E-state index >= 15 is 0 Å². The van der Waals surface area contributed by atoms with Crippen LogP contribution in [0.3, 0.4) is 0 Å². The van der Waals surface area contributed by atoms with Crippen LogP contribution in [0.25, 0.3) is 0 Å². The van der Waals surface area contributed by atoms with E-state index in [0.29, 0.717) is 17.5 Å². The highest BCUT2D eigenvalue weighted by Crippen LogP contribution is 2.48. The molecule has 0 aliphatic heterocycles. The maximum atomic E-state index is 13.3. The molecular formula is C27H39NO3. The van der Waals surface area contributed by atoms with Crippen molar-refractivity contribution in [1.29, 1.82) is 0 Å². The number of aryl methyl sites for hydroxylation is 1. The summed E-state index contributed by atoms with van der Waals surface area (Å²) in [6.45, 7) is 10.4. The van der Waals surface area contributed by atoms with Gasteiger partial charge in [0.05, 0.1) is 5.56 Å². The minimum atomic E-state index is -0.208. The largest absolute Gasteiger partial charge is 0.507 e. The minimum absolute atomic E-state index is 0.0517. The summed E-state index contributed by atoms with van der Waals surface area (Å²) in [6.07, 6.45) is 12.0. The van der Waals surface area contributed by atoms with E-state index in [-0.39, 0.29) is 35.3 Å². The highest BCUT2D eigenvalue weighted by molar-refractivity contribution is 5.99. The van der Waals surface area contributed by atoms with Gasteiger partial charge in [-0.25, -0.2) is 0 Å². The van der Waals surface area contributed by atoms with Crippen LogP contribution in [0, 0.1) is 5.92 Å². The molecule has 0 aromatic heterocycles. The molecule has 4 nitrogen and oxygen atoms in total. The molecule has 3 N–H and O–H groups in total. The molecule has 2 atom stereocenters. The predicted molar refractivity (Wildman–Crippen MR) is 127 cm³/mol. The Kier molecular flexibility index (Phi) is 7.85. The molecule has 1 fully saturated rings. The lowest BCUT2D eigenvalue weighted by atomic mass is 9.73. The molecular weight excluding hydrogens is 386 g/mol. The number of phenolic OH excluding ortho intramolecular Hbond substituents is 2. The summed E-state index contributed by atoms with van der Waals surface area (Å²) in [7, 11) is 0. The molecule has 170 valence electrons. The monoisotopic (exact) mass is 425 g/mol. The second-order valence-electron chi connectivity index (χ2n) is 9.63. The van der Waals surface area contributed by atoms with E-state index in [9.17, 15) is 15.0 Å². The predicted octanol–water partition coefficient (Wildman–Crippen LogP) is 6.52. The third-order valence-corrected chi connectivity index (χ3v) is 7.08. The van der Waals surface area contributed by atoms with E-state index in [2.05, 4.69) is 31.8 Å². The van der Waals surface area contributed by atoms with Gasteiger partial charge in [0.15, 0.2) is 0 Å². The number of amides is 1. The van der Waals surface area contributed by atoms with Crippen molar-refractivity contribution in [3.05, 3.63) is 46.6 Å². The number of hydrogen-bond donors (Lipinski definition) is 3. The molecule has 1 saturated carbocycles. The Morgan fingerprint density at radius 1 is 1.19 bits per heavy atom. The van der Waals surface area contributed by atoms with Crippen LogP contribution in [-0.4, -0.2) is 22.2 Å². The van der Waals surface area contributed by atoms with Crippen LogP contribution in [0.1, 0.15) is 106 Å². The molecule has 1 aromatic rings. The summed E-state index contributed by atoms with van der Waals surface area (Å²) >= 11 is 0. The third kappa shape index (κ3) is 5.34. The Morgan fingerprint density at radius 2 is 1.90 bits per heavy atom. The van der Waals surface area contributed by atoms with E-state index in [1.807, 2.05) is 6.92 Å². The zero-order valence-electron chi connectivity index (χ0n) is 19.5. The van der Waals surface area contributed by atoms with Gasteiger partial charge in [0.1, 0.15) is 11.5 Å². The van der Waals surface area contributed by atoms with Gasteiger partial charge in [-0.15, -0.1) is 0 Å². The number of nitrogens with one attached hydrogen (secondary N) is 1. The molecule has 2 aliphatic rings. The van der Waals surface area contributed by atoms with E-state index in [1.54, 1.807) is 6.07 Å². The first-order valence-corrected chi connectivity index (χ1v) is 12.0. The number of carbonyl (C=O) groups is 1. The number of aromatic hydroxyl groups is 2. The van der Waals surface area contributed by atoms with Gasteiger partial charge in [-0.05, 0) is 69.9 Å². The van der Waals surface area contributed by atoms with Gasteiger partial charge in [-0.1, -0.05) is 56.4 Å². The van der Waals surface area contributed by atoms with Gasteiger partial charge in [0, 0.05) is 17.5 Å². The lowest BCUT2D eigenvalue weighted by molar-refractivity contribution is 0.0934. The third-order valence-electron chi connectivity index (χ3n) is 7.08. The van der Waals surface area contributed by atoms with Gasteiger partial charge >= 0.3 is 0 Å². The van der Waals surface area contributed by atoms with Gasteiger partial charge in [-0.3, -0.25) is 4.79 Å². The lowest BCUT2D eigenvalue weighted by Gasteiger charge is -2.32. The number of unbranched alkanes of at least 4 members (excludes halogenated alkanes) is 2. The van der Waals surface area contributed by atoms with Crippen LogP contribution in [0.15, 0.2) is 29.9 Å². The van der Waals surface area contributed by atoms with E-state index in [1.165, 1.54) is 5.57 Å². The fraction of sp³-hybridized carbons (Fsp3) is 0.593. The van der Waals surface area contributed by atoms with Crippen molar-refractivity contribution in [3.63, 3.8) is 0 Å². The minimum Gasteiger partial charge on any atom is -0.507 e. The number of rotatable bonds is 8. The Morgan fingerprint density at radius 3 is 2.55 bits per heavy atom. The SMILES string of the molecule is C=C(C)C1CCC(C)=CC1c1c(O)cc(CCCCC)c(C(=O)NC2CCCC2)c1O. The van der Waals surface area contributed by atoms with Crippen molar-refractivity contribution < 1.29 is 15.0 Å². The van der Waals surface area contributed by atoms with Crippen molar-refractivity contribution in [1.82, 2.24) is 5.32 Å².